The fourth-order valence-electron chi connectivity index (χ4n) is 3.05. The minimum Gasteiger partial charge on any atom is -0.298 e. The van der Waals surface area contributed by atoms with E-state index in [1.54, 1.807) is 25.7 Å². The summed E-state index contributed by atoms with van der Waals surface area (Å²) in [5, 5.41) is 0. The van der Waals surface area contributed by atoms with Crippen molar-refractivity contribution in [3.05, 3.63) is 0 Å². The SMILES string of the molecule is C1CC2CC1CC2N1CC1. The van der Waals surface area contributed by atoms with Crippen LogP contribution in [0.25, 0.3) is 0 Å². The molecule has 2 aliphatic carbocycles. The molecule has 1 heteroatoms. The summed E-state index contributed by atoms with van der Waals surface area (Å²) < 4.78 is 0. The van der Waals surface area contributed by atoms with Crippen LogP contribution in [0.15, 0.2) is 0 Å². The molecular formula is C9H15N. The monoisotopic (exact) mass is 137 g/mol. The van der Waals surface area contributed by atoms with Crippen molar-refractivity contribution in [2.45, 2.75) is 31.7 Å². The van der Waals surface area contributed by atoms with Crippen molar-refractivity contribution in [1.82, 2.24) is 4.90 Å². The number of rotatable bonds is 1. The van der Waals surface area contributed by atoms with Crippen LogP contribution in [0.2, 0.25) is 0 Å². The predicted octanol–water partition coefficient (Wildman–Crippen LogP) is 1.49. The summed E-state index contributed by atoms with van der Waals surface area (Å²) in [6, 6.07) is 1.04. The molecule has 3 atom stereocenters. The van der Waals surface area contributed by atoms with Gasteiger partial charge in [0.1, 0.15) is 0 Å². The van der Waals surface area contributed by atoms with Gasteiger partial charge in [0.25, 0.3) is 0 Å². The zero-order chi connectivity index (χ0) is 6.55. The van der Waals surface area contributed by atoms with E-state index in [1.807, 2.05) is 0 Å². The first kappa shape index (κ1) is 5.59. The Morgan fingerprint density at radius 3 is 2.40 bits per heavy atom. The van der Waals surface area contributed by atoms with Gasteiger partial charge in [-0.05, 0) is 31.1 Å². The molecule has 1 saturated heterocycles. The third-order valence-electron chi connectivity index (χ3n) is 3.65. The highest BCUT2D eigenvalue weighted by Gasteiger charge is 2.44. The number of hydrogen-bond donors (Lipinski definition) is 0. The van der Waals surface area contributed by atoms with Crippen molar-refractivity contribution in [1.29, 1.82) is 0 Å². The van der Waals surface area contributed by atoms with E-state index in [-0.39, 0.29) is 0 Å². The second-order valence-corrected chi connectivity index (χ2v) is 4.28. The number of nitrogens with zero attached hydrogens (tertiary/aromatic N) is 1. The van der Waals surface area contributed by atoms with Crippen LogP contribution in [0, 0.1) is 11.8 Å². The molecule has 0 radical (unpaired) electrons. The predicted molar refractivity (Wildman–Crippen MR) is 40.8 cm³/mol. The van der Waals surface area contributed by atoms with Gasteiger partial charge in [-0.2, -0.15) is 0 Å². The highest BCUT2D eigenvalue weighted by molar-refractivity contribution is 4.98. The Morgan fingerprint density at radius 1 is 1.00 bits per heavy atom. The first-order valence-electron chi connectivity index (χ1n) is 4.67. The Hall–Kier alpha value is -0.0400. The van der Waals surface area contributed by atoms with Crippen LogP contribution in [-0.4, -0.2) is 24.0 Å². The molecule has 3 unspecified atom stereocenters. The third-order valence-corrected chi connectivity index (χ3v) is 3.65. The van der Waals surface area contributed by atoms with Gasteiger partial charge in [-0.3, -0.25) is 4.90 Å². The maximum Gasteiger partial charge on any atom is 0.0127 e. The van der Waals surface area contributed by atoms with E-state index in [1.165, 1.54) is 13.1 Å². The molecule has 2 saturated carbocycles. The van der Waals surface area contributed by atoms with Gasteiger partial charge in [-0.25, -0.2) is 0 Å². The summed E-state index contributed by atoms with van der Waals surface area (Å²) in [7, 11) is 0. The molecule has 56 valence electrons. The lowest BCUT2D eigenvalue weighted by Gasteiger charge is -2.22. The van der Waals surface area contributed by atoms with Crippen LogP contribution >= 0.6 is 0 Å². The van der Waals surface area contributed by atoms with Gasteiger partial charge in [0, 0.05) is 19.1 Å². The topological polar surface area (TPSA) is 3.01 Å². The van der Waals surface area contributed by atoms with Crippen molar-refractivity contribution in [3.63, 3.8) is 0 Å². The first-order chi connectivity index (χ1) is 4.93. The summed E-state index contributed by atoms with van der Waals surface area (Å²) in [5.74, 6) is 2.25. The van der Waals surface area contributed by atoms with Crippen LogP contribution in [0.5, 0.6) is 0 Å². The van der Waals surface area contributed by atoms with E-state index in [0.29, 0.717) is 0 Å². The summed E-state index contributed by atoms with van der Waals surface area (Å²) in [4.78, 5) is 2.67. The van der Waals surface area contributed by atoms with E-state index in [0.717, 1.165) is 17.9 Å². The molecule has 3 rings (SSSR count). The van der Waals surface area contributed by atoms with Crippen molar-refractivity contribution >= 4 is 0 Å². The molecule has 0 aromatic heterocycles. The minimum absolute atomic E-state index is 1.04. The number of fused-ring (bicyclic) bond motifs is 2. The first-order valence-corrected chi connectivity index (χ1v) is 4.67. The smallest absolute Gasteiger partial charge is 0.0127 e. The van der Waals surface area contributed by atoms with E-state index in [9.17, 15) is 0 Å². The largest absolute Gasteiger partial charge is 0.298 e. The summed E-state index contributed by atoms with van der Waals surface area (Å²) in [5.41, 5.74) is 0. The summed E-state index contributed by atoms with van der Waals surface area (Å²) >= 11 is 0. The van der Waals surface area contributed by atoms with Crippen LogP contribution in [0.1, 0.15) is 25.7 Å². The van der Waals surface area contributed by atoms with E-state index < -0.39 is 0 Å². The van der Waals surface area contributed by atoms with Gasteiger partial charge in [-0.15, -0.1) is 0 Å². The van der Waals surface area contributed by atoms with Crippen LogP contribution < -0.4 is 0 Å². The standard InChI is InChI=1S/C9H15N/c1-2-8-5-7(1)6-9(8)10-3-4-10/h7-9H,1-6H2. The Kier molecular flexibility index (Phi) is 0.984. The molecule has 0 aromatic rings. The Morgan fingerprint density at radius 2 is 1.90 bits per heavy atom. The van der Waals surface area contributed by atoms with Crippen LogP contribution in [0.4, 0.5) is 0 Å². The zero-order valence-electron chi connectivity index (χ0n) is 6.42. The average molecular weight is 137 g/mol. The van der Waals surface area contributed by atoms with Gasteiger partial charge in [0.2, 0.25) is 0 Å². The highest BCUT2D eigenvalue weighted by atomic mass is 15.3. The second-order valence-electron chi connectivity index (χ2n) is 4.28. The van der Waals surface area contributed by atoms with Crippen LogP contribution in [0.3, 0.4) is 0 Å². The fraction of sp³-hybridized carbons (Fsp3) is 1.00. The molecular weight excluding hydrogens is 122 g/mol. The zero-order valence-corrected chi connectivity index (χ0v) is 6.42. The van der Waals surface area contributed by atoms with Crippen molar-refractivity contribution in [3.8, 4) is 0 Å². The maximum atomic E-state index is 2.67. The average Bonchev–Trinajstić information content (AvgIpc) is 2.60. The lowest BCUT2D eigenvalue weighted by Crippen LogP contribution is -2.25. The molecule has 1 aliphatic heterocycles. The second kappa shape index (κ2) is 1.76. The number of hydrogen-bond acceptors (Lipinski definition) is 1. The van der Waals surface area contributed by atoms with E-state index in [2.05, 4.69) is 4.90 Å². The molecule has 2 bridgehead atoms. The van der Waals surface area contributed by atoms with Crippen LogP contribution in [-0.2, 0) is 0 Å². The highest BCUT2D eigenvalue weighted by Crippen LogP contribution is 2.47. The lowest BCUT2D eigenvalue weighted by molar-refractivity contribution is 0.278. The quantitative estimate of drug-likeness (QED) is 0.495. The molecule has 1 heterocycles. The molecule has 0 N–H and O–H groups in total. The Bertz CT molecular complexity index is 151. The molecule has 3 fully saturated rings. The minimum atomic E-state index is 1.04. The lowest BCUT2D eigenvalue weighted by atomic mass is 9.95. The van der Waals surface area contributed by atoms with Gasteiger partial charge in [-0.1, -0.05) is 6.42 Å². The molecule has 0 spiro atoms. The van der Waals surface area contributed by atoms with Gasteiger partial charge in [0.15, 0.2) is 0 Å². The van der Waals surface area contributed by atoms with Gasteiger partial charge in [0.05, 0.1) is 0 Å². The molecule has 0 aromatic carbocycles. The third kappa shape index (κ3) is 0.672. The van der Waals surface area contributed by atoms with Crippen molar-refractivity contribution < 1.29 is 0 Å². The van der Waals surface area contributed by atoms with E-state index in [4.69, 9.17) is 0 Å². The Balaban J connectivity index is 1.77. The Labute approximate surface area is 62.4 Å². The summed E-state index contributed by atoms with van der Waals surface area (Å²) in [6.45, 7) is 2.82. The molecule has 0 amide bonds. The van der Waals surface area contributed by atoms with Crippen molar-refractivity contribution in [2.75, 3.05) is 13.1 Å². The van der Waals surface area contributed by atoms with Crippen molar-refractivity contribution in [2.24, 2.45) is 11.8 Å². The van der Waals surface area contributed by atoms with Gasteiger partial charge >= 0.3 is 0 Å². The fourth-order valence-corrected chi connectivity index (χ4v) is 3.05. The van der Waals surface area contributed by atoms with E-state index >= 15 is 0 Å². The maximum absolute atomic E-state index is 2.67. The molecule has 10 heavy (non-hydrogen) atoms. The molecule has 3 aliphatic rings. The normalized spacial score (nSPS) is 52.2. The summed E-state index contributed by atoms with van der Waals surface area (Å²) in [6.07, 6.45) is 6.21. The molecule has 1 nitrogen and oxygen atoms in total. The van der Waals surface area contributed by atoms with Gasteiger partial charge < -0.3 is 0 Å².